The normalized spacial score (nSPS) is 18.5. The molecule has 7 nitrogen and oxygen atoms in total. The van der Waals surface area contributed by atoms with Crippen LogP contribution in [0.3, 0.4) is 0 Å². The van der Waals surface area contributed by atoms with E-state index in [9.17, 15) is 5.11 Å². The number of aliphatic imine (C=N–C) groups is 1. The maximum absolute atomic E-state index is 9.36. The molecule has 3 N–H and O–H groups in total. The molecule has 8 heteroatoms. The second kappa shape index (κ2) is 12.7. The molecule has 0 spiro atoms. The van der Waals surface area contributed by atoms with Crippen molar-refractivity contribution in [2.75, 3.05) is 33.4 Å². The first-order valence-corrected chi connectivity index (χ1v) is 9.98. The number of rotatable bonds is 9. The third-order valence-electron chi connectivity index (χ3n) is 5.17. The number of hydrogen-bond donors (Lipinski definition) is 3. The molecule has 1 fully saturated rings. The molecule has 1 aliphatic rings. The second-order valence-electron chi connectivity index (χ2n) is 7.33. The number of hydrogen-bond acceptors (Lipinski definition) is 5. The first-order chi connectivity index (χ1) is 14.2. The fourth-order valence-electron chi connectivity index (χ4n) is 3.36. The highest BCUT2D eigenvalue weighted by Crippen LogP contribution is 2.31. The lowest BCUT2D eigenvalue weighted by atomic mass is 9.84. The first kappa shape index (κ1) is 24.4. The number of aliphatic hydroxyl groups excluding tert-OH is 1. The van der Waals surface area contributed by atoms with Gasteiger partial charge in [-0.3, -0.25) is 4.99 Å². The van der Waals surface area contributed by atoms with Gasteiger partial charge in [0.1, 0.15) is 6.61 Å². The van der Waals surface area contributed by atoms with E-state index < -0.39 is 0 Å². The smallest absolute Gasteiger partial charge is 0.213 e. The van der Waals surface area contributed by atoms with Crippen molar-refractivity contribution < 1.29 is 14.6 Å². The van der Waals surface area contributed by atoms with Crippen LogP contribution in [0.5, 0.6) is 5.88 Å². The van der Waals surface area contributed by atoms with Crippen LogP contribution in [0.1, 0.15) is 24.0 Å². The van der Waals surface area contributed by atoms with Crippen LogP contribution in [0.25, 0.3) is 0 Å². The lowest BCUT2D eigenvalue weighted by molar-refractivity contribution is 0.127. The van der Waals surface area contributed by atoms with Crippen LogP contribution in [0.15, 0.2) is 53.7 Å². The Balaban J connectivity index is 0.00000320. The van der Waals surface area contributed by atoms with E-state index in [-0.39, 0.29) is 36.0 Å². The van der Waals surface area contributed by atoms with Gasteiger partial charge in [-0.05, 0) is 30.0 Å². The van der Waals surface area contributed by atoms with Gasteiger partial charge in [0, 0.05) is 51.0 Å². The average Bonchev–Trinajstić information content (AvgIpc) is 3.22. The van der Waals surface area contributed by atoms with Crippen molar-refractivity contribution in [3.63, 3.8) is 0 Å². The molecule has 0 bridgehead atoms. The minimum atomic E-state index is -0.0263. The molecule has 0 amide bonds. The summed E-state index contributed by atoms with van der Waals surface area (Å²) >= 11 is 0. The highest BCUT2D eigenvalue weighted by atomic mass is 127. The van der Waals surface area contributed by atoms with E-state index in [1.807, 2.05) is 42.5 Å². The second-order valence-corrected chi connectivity index (χ2v) is 7.33. The van der Waals surface area contributed by atoms with Gasteiger partial charge in [0.05, 0.1) is 6.61 Å². The van der Waals surface area contributed by atoms with Gasteiger partial charge in [0.25, 0.3) is 0 Å². The van der Waals surface area contributed by atoms with Crippen LogP contribution < -0.4 is 15.4 Å². The lowest BCUT2D eigenvalue weighted by Crippen LogP contribution is -2.44. The number of pyridine rings is 1. The van der Waals surface area contributed by atoms with E-state index in [1.54, 1.807) is 13.2 Å². The van der Waals surface area contributed by atoms with Crippen molar-refractivity contribution in [2.45, 2.75) is 26.0 Å². The van der Waals surface area contributed by atoms with Crippen molar-refractivity contribution in [1.82, 2.24) is 15.6 Å². The minimum Gasteiger partial charge on any atom is -0.473 e. The van der Waals surface area contributed by atoms with E-state index in [2.05, 4.69) is 20.6 Å². The summed E-state index contributed by atoms with van der Waals surface area (Å²) in [6.07, 6.45) is 3.42. The SMILES string of the molecule is CN=C(NCc1ccnc(OCc2ccccc2)c1)NCC1(CCO)CCOC1.I. The minimum absolute atomic E-state index is 0. The molecule has 3 rings (SSSR count). The Morgan fingerprint density at radius 2 is 2.07 bits per heavy atom. The molecule has 1 unspecified atom stereocenters. The van der Waals surface area contributed by atoms with E-state index in [0.29, 0.717) is 25.6 Å². The Labute approximate surface area is 195 Å². The van der Waals surface area contributed by atoms with Gasteiger partial charge in [0.15, 0.2) is 5.96 Å². The number of aliphatic hydroxyl groups is 1. The third-order valence-corrected chi connectivity index (χ3v) is 5.17. The zero-order chi connectivity index (χ0) is 20.4. The Kier molecular flexibility index (Phi) is 10.3. The number of benzene rings is 1. The van der Waals surface area contributed by atoms with Crippen molar-refractivity contribution in [3.05, 3.63) is 59.8 Å². The van der Waals surface area contributed by atoms with Crippen molar-refractivity contribution >= 4 is 29.9 Å². The number of guanidine groups is 1. The van der Waals surface area contributed by atoms with Gasteiger partial charge in [-0.15, -0.1) is 24.0 Å². The Morgan fingerprint density at radius 1 is 1.23 bits per heavy atom. The van der Waals surface area contributed by atoms with Crippen LogP contribution >= 0.6 is 24.0 Å². The first-order valence-electron chi connectivity index (χ1n) is 9.98. The number of nitrogens with one attached hydrogen (secondary N) is 2. The molecule has 0 radical (unpaired) electrons. The standard InChI is InChI=1S/C22H30N4O3.HI/c1-23-21(26-16-22(8-11-27)9-12-28-17-22)25-14-19-7-10-24-20(13-19)29-15-18-5-3-2-4-6-18;/h2-7,10,13,27H,8-9,11-12,14-17H2,1H3,(H2,23,25,26);1H. The molecule has 1 atom stereocenters. The topological polar surface area (TPSA) is 88.0 Å². The maximum atomic E-state index is 9.36. The molecule has 30 heavy (non-hydrogen) atoms. The molecule has 164 valence electrons. The molecule has 0 saturated carbocycles. The highest BCUT2D eigenvalue weighted by Gasteiger charge is 2.34. The predicted octanol–water partition coefficient (Wildman–Crippen LogP) is 2.73. The van der Waals surface area contributed by atoms with E-state index in [4.69, 9.17) is 9.47 Å². The van der Waals surface area contributed by atoms with E-state index in [0.717, 1.165) is 43.1 Å². The van der Waals surface area contributed by atoms with Gasteiger partial charge in [-0.25, -0.2) is 4.98 Å². The molecule has 1 saturated heterocycles. The summed E-state index contributed by atoms with van der Waals surface area (Å²) in [7, 11) is 1.75. The summed E-state index contributed by atoms with van der Waals surface area (Å²) in [6, 6.07) is 13.9. The number of ether oxygens (including phenoxy) is 2. The summed E-state index contributed by atoms with van der Waals surface area (Å²) in [5.41, 5.74) is 2.14. The molecule has 2 aromatic rings. The number of nitrogens with zero attached hydrogens (tertiary/aromatic N) is 2. The van der Waals surface area contributed by atoms with Gasteiger partial charge < -0.3 is 25.2 Å². The number of halogens is 1. The molecule has 1 aromatic heterocycles. The summed E-state index contributed by atoms with van der Waals surface area (Å²) in [6.45, 7) is 3.39. The summed E-state index contributed by atoms with van der Waals surface area (Å²) in [5.74, 6) is 1.32. The van der Waals surface area contributed by atoms with Crippen LogP contribution in [0.2, 0.25) is 0 Å². The maximum Gasteiger partial charge on any atom is 0.213 e. The molecule has 0 aliphatic carbocycles. The summed E-state index contributed by atoms with van der Waals surface area (Å²) in [4.78, 5) is 8.58. The highest BCUT2D eigenvalue weighted by molar-refractivity contribution is 14.0. The average molecular weight is 526 g/mol. The van der Waals surface area contributed by atoms with E-state index >= 15 is 0 Å². The van der Waals surface area contributed by atoms with Gasteiger partial charge >= 0.3 is 0 Å². The molecule has 1 aromatic carbocycles. The molecule has 2 heterocycles. The summed E-state index contributed by atoms with van der Waals surface area (Å²) in [5, 5.41) is 16.1. The fourth-order valence-corrected chi connectivity index (χ4v) is 3.36. The lowest BCUT2D eigenvalue weighted by Gasteiger charge is -2.27. The predicted molar refractivity (Wildman–Crippen MR) is 128 cm³/mol. The van der Waals surface area contributed by atoms with Crippen molar-refractivity contribution in [3.8, 4) is 5.88 Å². The molecular formula is C22H31IN4O3. The van der Waals surface area contributed by atoms with Crippen LogP contribution in [0, 0.1) is 5.41 Å². The monoisotopic (exact) mass is 526 g/mol. The van der Waals surface area contributed by atoms with Crippen molar-refractivity contribution in [1.29, 1.82) is 0 Å². The Morgan fingerprint density at radius 3 is 2.77 bits per heavy atom. The van der Waals surface area contributed by atoms with Gasteiger partial charge in [-0.2, -0.15) is 0 Å². The third kappa shape index (κ3) is 7.41. The van der Waals surface area contributed by atoms with Gasteiger partial charge in [-0.1, -0.05) is 30.3 Å². The zero-order valence-electron chi connectivity index (χ0n) is 17.3. The Bertz CT molecular complexity index is 783. The molecule has 1 aliphatic heterocycles. The fraction of sp³-hybridized carbons (Fsp3) is 0.455. The zero-order valence-corrected chi connectivity index (χ0v) is 19.7. The quantitative estimate of drug-likeness (QED) is 0.265. The van der Waals surface area contributed by atoms with E-state index in [1.165, 1.54) is 0 Å². The van der Waals surface area contributed by atoms with Crippen LogP contribution in [-0.2, 0) is 17.9 Å². The van der Waals surface area contributed by atoms with Crippen LogP contribution in [-0.4, -0.2) is 49.5 Å². The molecular weight excluding hydrogens is 495 g/mol. The van der Waals surface area contributed by atoms with Crippen molar-refractivity contribution in [2.24, 2.45) is 10.4 Å². The summed E-state index contributed by atoms with van der Waals surface area (Å²) < 4.78 is 11.3. The Hall–Kier alpha value is -1.91. The van der Waals surface area contributed by atoms with Gasteiger partial charge in [0.2, 0.25) is 5.88 Å². The number of aromatic nitrogens is 1. The van der Waals surface area contributed by atoms with Crippen LogP contribution in [0.4, 0.5) is 0 Å². The largest absolute Gasteiger partial charge is 0.473 e.